The summed E-state index contributed by atoms with van der Waals surface area (Å²) in [4.78, 5) is 32.7. The van der Waals surface area contributed by atoms with Gasteiger partial charge in [0.15, 0.2) is 0 Å². The SMILES string of the molecule is CN1CCN(c2cc(N3CCN(C(=O)c4ccc(N(C)C)cc4)CC3)ncn2)CC1. The van der Waals surface area contributed by atoms with Crippen molar-refractivity contribution in [1.82, 2.24) is 19.8 Å². The molecule has 0 spiro atoms. The molecule has 1 aromatic carbocycles. The van der Waals surface area contributed by atoms with Crippen LogP contribution in [0.15, 0.2) is 36.7 Å². The monoisotopic (exact) mass is 409 g/mol. The summed E-state index contributed by atoms with van der Waals surface area (Å²) in [5.41, 5.74) is 1.84. The van der Waals surface area contributed by atoms with E-state index in [2.05, 4.69) is 37.8 Å². The van der Waals surface area contributed by atoms with Crippen molar-refractivity contribution in [3.8, 4) is 0 Å². The Morgan fingerprint density at radius 2 is 1.37 bits per heavy atom. The highest BCUT2D eigenvalue weighted by Crippen LogP contribution is 2.21. The molecule has 1 amide bonds. The second kappa shape index (κ2) is 8.87. The summed E-state index contributed by atoms with van der Waals surface area (Å²) in [6.45, 7) is 7.03. The zero-order chi connectivity index (χ0) is 21.1. The van der Waals surface area contributed by atoms with Gasteiger partial charge in [0.2, 0.25) is 0 Å². The van der Waals surface area contributed by atoms with Gasteiger partial charge in [0.1, 0.15) is 18.0 Å². The third-order valence-corrected chi connectivity index (χ3v) is 5.99. The van der Waals surface area contributed by atoms with E-state index in [1.807, 2.05) is 48.2 Å². The van der Waals surface area contributed by atoms with Crippen LogP contribution in [-0.2, 0) is 0 Å². The van der Waals surface area contributed by atoms with E-state index in [9.17, 15) is 4.79 Å². The van der Waals surface area contributed by atoms with Crippen molar-refractivity contribution in [1.29, 1.82) is 0 Å². The molecule has 0 N–H and O–H groups in total. The number of anilines is 3. The number of hydrogen-bond acceptors (Lipinski definition) is 7. The maximum absolute atomic E-state index is 12.9. The van der Waals surface area contributed by atoms with Crippen LogP contribution in [0.5, 0.6) is 0 Å². The van der Waals surface area contributed by atoms with Gasteiger partial charge in [0.05, 0.1) is 0 Å². The molecule has 1 aromatic heterocycles. The van der Waals surface area contributed by atoms with E-state index in [4.69, 9.17) is 0 Å². The van der Waals surface area contributed by atoms with E-state index in [0.29, 0.717) is 13.1 Å². The number of carbonyl (C=O) groups excluding carboxylic acids is 1. The number of aromatic nitrogens is 2. The number of hydrogen-bond donors (Lipinski definition) is 0. The number of benzene rings is 1. The molecule has 8 nitrogen and oxygen atoms in total. The van der Waals surface area contributed by atoms with Gasteiger partial charge in [-0.3, -0.25) is 4.79 Å². The van der Waals surface area contributed by atoms with Crippen LogP contribution >= 0.6 is 0 Å². The number of rotatable bonds is 4. The summed E-state index contributed by atoms with van der Waals surface area (Å²) >= 11 is 0. The standard InChI is InChI=1S/C22H31N7O/c1-25(2)19-6-4-18(5-7-19)22(30)29-14-12-28(13-15-29)21-16-20(23-17-24-21)27-10-8-26(3)9-11-27/h4-7,16-17H,8-15H2,1-3H3. The van der Waals surface area contributed by atoms with Crippen LogP contribution in [0, 0.1) is 0 Å². The highest BCUT2D eigenvalue weighted by molar-refractivity contribution is 5.94. The molecule has 0 unspecified atom stereocenters. The molecule has 2 aliphatic heterocycles. The van der Waals surface area contributed by atoms with Crippen molar-refractivity contribution in [3.05, 3.63) is 42.2 Å². The summed E-state index contributed by atoms with van der Waals surface area (Å²) < 4.78 is 0. The number of likely N-dealkylation sites (N-methyl/N-ethyl adjacent to an activating group) is 1. The van der Waals surface area contributed by atoms with E-state index in [1.54, 1.807) is 6.33 Å². The molecule has 2 saturated heterocycles. The Balaban J connectivity index is 1.36. The smallest absolute Gasteiger partial charge is 0.253 e. The zero-order valence-electron chi connectivity index (χ0n) is 18.2. The highest BCUT2D eigenvalue weighted by Gasteiger charge is 2.24. The average molecular weight is 410 g/mol. The van der Waals surface area contributed by atoms with Crippen LogP contribution in [0.3, 0.4) is 0 Å². The molecular weight excluding hydrogens is 378 g/mol. The van der Waals surface area contributed by atoms with E-state index < -0.39 is 0 Å². The predicted molar refractivity (Wildman–Crippen MR) is 121 cm³/mol. The average Bonchev–Trinajstić information content (AvgIpc) is 2.79. The summed E-state index contributed by atoms with van der Waals surface area (Å²) in [6.07, 6.45) is 1.66. The fourth-order valence-corrected chi connectivity index (χ4v) is 3.94. The first-order chi connectivity index (χ1) is 14.5. The number of nitrogens with zero attached hydrogens (tertiary/aromatic N) is 7. The third-order valence-electron chi connectivity index (χ3n) is 5.99. The molecule has 2 fully saturated rings. The molecular formula is C22H31N7O. The second-order valence-corrected chi connectivity index (χ2v) is 8.25. The Morgan fingerprint density at radius 1 is 0.833 bits per heavy atom. The van der Waals surface area contributed by atoms with Gasteiger partial charge >= 0.3 is 0 Å². The summed E-state index contributed by atoms with van der Waals surface area (Å²) in [5, 5.41) is 0. The van der Waals surface area contributed by atoms with Crippen LogP contribution in [0.4, 0.5) is 17.3 Å². The van der Waals surface area contributed by atoms with Crippen molar-refractivity contribution in [3.63, 3.8) is 0 Å². The lowest BCUT2D eigenvalue weighted by molar-refractivity contribution is 0.0746. The lowest BCUT2D eigenvalue weighted by Gasteiger charge is -2.36. The fraction of sp³-hybridized carbons (Fsp3) is 0.500. The molecule has 0 aliphatic carbocycles. The van der Waals surface area contributed by atoms with Gasteiger partial charge in [-0.25, -0.2) is 9.97 Å². The minimum atomic E-state index is 0.0979. The van der Waals surface area contributed by atoms with Gasteiger partial charge in [-0.1, -0.05) is 0 Å². The minimum Gasteiger partial charge on any atom is -0.378 e. The Kier molecular flexibility index (Phi) is 6.03. The van der Waals surface area contributed by atoms with Gasteiger partial charge in [-0.15, -0.1) is 0 Å². The van der Waals surface area contributed by atoms with Gasteiger partial charge in [-0.05, 0) is 31.3 Å². The van der Waals surface area contributed by atoms with Crippen LogP contribution in [0.1, 0.15) is 10.4 Å². The number of amides is 1. The molecule has 4 rings (SSSR count). The number of piperazine rings is 2. The molecule has 30 heavy (non-hydrogen) atoms. The van der Waals surface area contributed by atoms with Crippen LogP contribution in [0.2, 0.25) is 0 Å². The fourth-order valence-electron chi connectivity index (χ4n) is 3.94. The summed E-state index contributed by atoms with van der Waals surface area (Å²) in [6, 6.07) is 9.89. The maximum atomic E-state index is 12.9. The quantitative estimate of drug-likeness (QED) is 0.753. The molecule has 8 heteroatoms. The van der Waals surface area contributed by atoms with E-state index >= 15 is 0 Å². The normalized spacial score (nSPS) is 17.9. The van der Waals surface area contributed by atoms with Crippen LogP contribution in [0.25, 0.3) is 0 Å². The van der Waals surface area contributed by atoms with Crippen molar-refractivity contribution in [2.45, 2.75) is 0 Å². The maximum Gasteiger partial charge on any atom is 0.253 e. The third kappa shape index (κ3) is 4.48. The van der Waals surface area contributed by atoms with E-state index in [0.717, 1.165) is 62.2 Å². The van der Waals surface area contributed by atoms with E-state index in [1.165, 1.54) is 0 Å². The van der Waals surface area contributed by atoms with Crippen LogP contribution in [-0.4, -0.2) is 99.2 Å². The molecule has 0 bridgehead atoms. The lowest BCUT2D eigenvalue weighted by atomic mass is 10.1. The Bertz CT molecular complexity index is 854. The Labute approximate surface area is 178 Å². The minimum absolute atomic E-state index is 0.0979. The van der Waals surface area contributed by atoms with Crippen molar-refractivity contribution < 1.29 is 4.79 Å². The van der Waals surface area contributed by atoms with Crippen molar-refractivity contribution in [2.24, 2.45) is 0 Å². The molecule has 2 aromatic rings. The van der Waals surface area contributed by atoms with Gasteiger partial charge in [0.25, 0.3) is 5.91 Å². The zero-order valence-corrected chi connectivity index (χ0v) is 18.2. The van der Waals surface area contributed by atoms with Crippen molar-refractivity contribution >= 4 is 23.2 Å². The largest absolute Gasteiger partial charge is 0.378 e. The molecule has 3 heterocycles. The van der Waals surface area contributed by atoms with Gasteiger partial charge in [-0.2, -0.15) is 0 Å². The number of carbonyl (C=O) groups is 1. The summed E-state index contributed by atoms with van der Waals surface area (Å²) in [7, 11) is 6.15. The second-order valence-electron chi connectivity index (χ2n) is 8.25. The molecule has 2 aliphatic rings. The Hall–Kier alpha value is -2.87. The first-order valence-electron chi connectivity index (χ1n) is 10.6. The lowest BCUT2D eigenvalue weighted by Crippen LogP contribution is -2.49. The topological polar surface area (TPSA) is 59.1 Å². The summed E-state index contributed by atoms with van der Waals surface area (Å²) in [5.74, 6) is 2.04. The molecule has 0 radical (unpaired) electrons. The molecule has 0 atom stereocenters. The molecule has 160 valence electrons. The van der Waals surface area contributed by atoms with E-state index in [-0.39, 0.29) is 5.91 Å². The van der Waals surface area contributed by atoms with Gasteiger partial charge in [0, 0.05) is 83.8 Å². The first kappa shape index (κ1) is 20.4. The molecule has 0 saturated carbocycles. The van der Waals surface area contributed by atoms with Crippen LogP contribution < -0.4 is 14.7 Å². The first-order valence-corrected chi connectivity index (χ1v) is 10.6. The van der Waals surface area contributed by atoms with Gasteiger partial charge < -0.3 is 24.5 Å². The highest BCUT2D eigenvalue weighted by atomic mass is 16.2. The predicted octanol–water partition coefficient (Wildman–Crippen LogP) is 1.26. The van der Waals surface area contributed by atoms with Crippen molar-refractivity contribution in [2.75, 3.05) is 88.2 Å². The Morgan fingerprint density at radius 3 is 1.90 bits per heavy atom.